The van der Waals surface area contributed by atoms with Crippen molar-refractivity contribution in [2.75, 3.05) is 20.3 Å². The number of esters is 1. The number of ether oxygens (including phenoxy) is 2. The van der Waals surface area contributed by atoms with E-state index in [-0.39, 0.29) is 18.3 Å². The van der Waals surface area contributed by atoms with Crippen molar-refractivity contribution in [1.82, 2.24) is 5.32 Å². The Morgan fingerprint density at radius 3 is 2.65 bits per heavy atom. The lowest BCUT2D eigenvalue weighted by atomic mass is 10.2. The molecule has 1 aromatic carbocycles. The second-order valence-corrected chi connectivity index (χ2v) is 4.39. The van der Waals surface area contributed by atoms with Gasteiger partial charge in [0.25, 0.3) is 0 Å². The average molecular weight is 279 g/mol. The van der Waals surface area contributed by atoms with Gasteiger partial charge in [0.2, 0.25) is 5.91 Å². The van der Waals surface area contributed by atoms with Gasteiger partial charge in [0.1, 0.15) is 5.75 Å². The van der Waals surface area contributed by atoms with Crippen LogP contribution in [0.5, 0.6) is 5.75 Å². The Morgan fingerprint density at radius 2 is 1.95 bits per heavy atom. The molecule has 0 fully saturated rings. The molecule has 0 atom stereocenters. The number of amides is 1. The molecule has 0 saturated carbocycles. The van der Waals surface area contributed by atoms with Crippen LogP contribution in [0.2, 0.25) is 0 Å². The minimum Gasteiger partial charge on any atom is -0.493 e. The van der Waals surface area contributed by atoms with Gasteiger partial charge in [0, 0.05) is 13.0 Å². The lowest BCUT2D eigenvalue weighted by molar-refractivity contribution is -0.140. The molecule has 0 radical (unpaired) electrons. The highest BCUT2D eigenvalue weighted by Gasteiger charge is 2.04. The summed E-state index contributed by atoms with van der Waals surface area (Å²) in [7, 11) is 1.33. The van der Waals surface area contributed by atoms with Crippen LogP contribution in [-0.4, -0.2) is 32.1 Å². The van der Waals surface area contributed by atoms with E-state index in [2.05, 4.69) is 10.1 Å². The van der Waals surface area contributed by atoms with E-state index in [1.165, 1.54) is 7.11 Å². The highest BCUT2D eigenvalue weighted by atomic mass is 16.5. The molecule has 1 aromatic rings. The first-order valence-electron chi connectivity index (χ1n) is 6.65. The molecular formula is C15H21NO4. The zero-order chi connectivity index (χ0) is 14.8. The van der Waals surface area contributed by atoms with Crippen molar-refractivity contribution in [3.8, 4) is 5.75 Å². The molecule has 0 unspecified atom stereocenters. The first kappa shape index (κ1) is 16.0. The Labute approximate surface area is 119 Å². The lowest BCUT2D eigenvalue weighted by Crippen LogP contribution is -2.26. The van der Waals surface area contributed by atoms with Crippen LogP contribution in [-0.2, 0) is 14.3 Å². The predicted molar refractivity (Wildman–Crippen MR) is 75.6 cm³/mol. The Morgan fingerprint density at radius 1 is 1.20 bits per heavy atom. The molecule has 0 aliphatic heterocycles. The summed E-state index contributed by atoms with van der Waals surface area (Å²) in [4.78, 5) is 22.3. The van der Waals surface area contributed by atoms with Crippen LogP contribution in [0.25, 0.3) is 0 Å². The topological polar surface area (TPSA) is 64.6 Å². The minimum atomic E-state index is -0.326. The molecule has 5 heteroatoms. The number of hydrogen-bond donors (Lipinski definition) is 1. The number of carbonyl (C=O) groups is 2. The van der Waals surface area contributed by atoms with Crippen molar-refractivity contribution in [2.24, 2.45) is 0 Å². The van der Waals surface area contributed by atoms with E-state index in [0.717, 1.165) is 11.3 Å². The standard InChI is InChI=1S/C15H21NO4/c1-12-6-3-4-7-13(12)20-11-5-8-14(17)16-10-9-15(18)19-2/h3-4,6-7H,5,8-11H2,1-2H3,(H,16,17). The number of aryl methyl sites for hydroxylation is 1. The third-order valence-electron chi connectivity index (χ3n) is 2.78. The Bertz CT molecular complexity index is 445. The lowest BCUT2D eigenvalue weighted by Gasteiger charge is -2.08. The summed E-state index contributed by atoms with van der Waals surface area (Å²) in [5.74, 6) is 0.439. The molecule has 110 valence electrons. The summed E-state index contributed by atoms with van der Waals surface area (Å²) in [5.41, 5.74) is 1.08. The van der Waals surface area contributed by atoms with E-state index in [0.29, 0.717) is 26.0 Å². The number of nitrogens with one attached hydrogen (secondary N) is 1. The highest BCUT2D eigenvalue weighted by molar-refractivity contribution is 5.76. The molecule has 0 spiro atoms. The van der Waals surface area contributed by atoms with Gasteiger partial charge in [-0.25, -0.2) is 0 Å². The number of para-hydroxylation sites is 1. The average Bonchev–Trinajstić information content (AvgIpc) is 2.45. The highest BCUT2D eigenvalue weighted by Crippen LogP contribution is 2.16. The van der Waals surface area contributed by atoms with Gasteiger partial charge in [-0.1, -0.05) is 18.2 Å². The summed E-state index contributed by atoms with van der Waals surface area (Å²) < 4.78 is 10.1. The van der Waals surface area contributed by atoms with Gasteiger partial charge < -0.3 is 14.8 Å². The van der Waals surface area contributed by atoms with Crippen LogP contribution in [0.4, 0.5) is 0 Å². The number of carbonyl (C=O) groups excluding carboxylic acids is 2. The SMILES string of the molecule is COC(=O)CCNC(=O)CCCOc1ccccc1C. The first-order chi connectivity index (χ1) is 9.63. The van der Waals surface area contributed by atoms with Crippen LogP contribution in [0.3, 0.4) is 0 Å². The molecule has 0 aliphatic rings. The van der Waals surface area contributed by atoms with E-state index in [9.17, 15) is 9.59 Å². The van der Waals surface area contributed by atoms with E-state index in [1.807, 2.05) is 31.2 Å². The Hall–Kier alpha value is -2.04. The second kappa shape index (κ2) is 8.96. The summed E-state index contributed by atoms with van der Waals surface area (Å²) in [6.45, 7) is 2.79. The number of methoxy groups -OCH3 is 1. The Balaban J connectivity index is 2.10. The smallest absolute Gasteiger partial charge is 0.307 e. The maximum absolute atomic E-state index is 11.5. The largest absolute Gasteiger partial charge is 0.493 e. The maximum Gasteiger partial charge on any atom is 0.307 e. The fraction of sp³-hybridized carbons (Fsp3) is 0.467. The number of rotatable bonds is 8. The summed E-state index contributed by atoms with van der Waals surface area (Å²) in [6, 6.07) is 7.76. The van der Waals surface area contributed by atoms with Crippen molar-refractivity contribution in [1.29, 1.82) is 0 Å². The molecule has 0 aromatic heterocycles. The zero-order valence-electron chi connectivity index (χ0n) is 12.0. The monoisotopic (exact) mass is 279 g/mol. The minimum absolute atomic E-state index is 0.0812. The second-order valence-electron chi connectivity index (χ2n) is 4.39. The molecule has 0 saturated heterocycles. The van der Waals surface area contributed by atoms with Crippen LogP contribution >= 0.6 is 0 Å². The van der Waals surface area contributed by atoms with E-state index in [1.54, 1.807) is 0 Å². The van der Waals surface area contributed by atoms with Gasteiger partial charge in [0.15, 0.2) is 0 Å². The molecule has 1 amide bonds. The van der Waals surface area contributed by atoms with E-state index < -0.39 is 0 Å². The van der Waals surface area contributed by atoms with Crippen LogP contribution in [0.1, 0.15) is 24.8 Å². The van der Waals surface area contributed by atoms with Crippen molar-refractivity contribution >= 4 is 11.9 Å². The van der Waals surface area contributed by atoms with Crippen LogP contribution in [0, 0.1) is 6.92 Å². The van der Waals surface area contributed by atoms with Crippen LogP contribution in [0.15, 0.2) is 24.3 Å². The van der Waals surface area contributed by atoms with Gasteiger partial charge in [-0.3, -0.25) is 9.59 Å². The summed E-state index contributed by atoms with van der Waals surface area (Å²) in [5, 5.41) is 2.66. The maximum atomic E-state index is 11.5. The molecule has 1 N–H and O–H groups in total. The van der Waals surface area contributed by atoms with Gasteiger partial charge in [-0.2, -0.15) is 0 Å². The summed E-state index contributed by atoms with van der Waals surface area (Å²) in [6.07, 6.45) is 1.22. The number of benzene rings is 1. The van der Waals surface area contributed by atoms with Crippen molar-refractivity contribution < 1.29 is 19.1 Å². The normalized spacial score (nSPS) is 9.90. The molecule has 5 nitrogen and oxygen atoms in total. The molecule has 0 heterocycles. The van der Waals surface area contributed by atoms with Gasteiger partial charge in [0.05, 0.1) is 20.1 Å². The first-order valence-corrected chi connectivity index (χ1v) is 6.65. The molecular weight excluding hydrogens is 258 g/mol. The fourth-order valence-corrected chi connectivity index (χ4v) is 1.63. The van der Waals surface area contributed by atoms with Crippen molar-refractivity contribution in [2.45, 2.75) is 26.2 Å². The van der Waals surface area contributed by atoms with Crippen LogP contribution < -0.4 is 10.1 Å². The molecule has 0 bridgehead atoms. The van der Waals surface area contributed by atoms with E-state index in [4.69, 9.17) is 4.74 Å². The van der Waals surface area contributed by atoms with Gasteiger partial charge >= 0.3 is 5.97 Å². The molecule has 0 aliphatic carbocycles. The zero-order valence-corrected chi connectivity index (χ0v) is 12.0. The van der Waals surface area contributed by atoms with Gasteiger partial charge in [-0.05, 0) is 25.0 Å². The van der Waals surface area contributed by atoms with E-state index >= 15 is 0 Å². The fourth-order valence-electron chi connectivity index (χ4n) is 1.63. The predicted octanol–water partition coefficient (Wildman–Crippen LogP) is 1.83. The quantitative estimate of drug-likeness (QED) is 0.582. The summed E-state index contributed by atoms with van der Waals surface area (Å²) >= 11 is 0. The van der Waals surface area contributed by atoms with Gasteiger partial charge in [-0.15, -0.1) is 0 Å². The van der Waals surface area contributed by atoms with Crippen molar-refractivity contribution in [3.05, 3.63) is 29.8 Å². The molecule has 1 rings (SSSR count). The Kier molecular flexibility index (Phi) is 7.17. The third-order valence-corrected chi connectivity index (χ3v) is 2.78. The van der Waals surface area contributed by atoms with Crippen molar-refractivity contribution in [3.63, 3.8) is 0 Å². The molecule has 20 heavy (non-hydrogen) atoms. The number of hydrogen-bond acceptors (Lipinski definition) is 4. The third kappa shape index (κ3) is 6.22.